The Morgan fingerprint density at radius 3 is 2.53 bits per heavy atom. The van der Waals surface area contributed by atoms with Crippen molar-refractivity contribution >= 4 is 33.7 Å². The Labute approximate surface area is 172 Å². The number of oxazole rings is 1. The number of carbonyl (C=O) groups is 1. The highest BCUT2D eigenvalue weighted by Gasteiger charge is 2.15. The van der Waals surface area contributed by atoms with Crippen LogP contribution in [0, 0.1) is 0 Å². The third-order valence-corrected chi connectivity index (χ3v) is 4.89. The maximum Gasteiger partial charge on any atom is 0.411 e. The number of hydrogen-bond acceptors (Lipinski definition) is 4. The lowest BCUT2D eigenvalue weighted by Crippen LogP contribution is -2.14. The molecular formula is C25H18N2O3. The number of aromatic nitrogens is 1. The predicted octanol–water partition coefficient (Wildman–Crippen LogP) is 6.40. The maximum atomic E-state index is 12.3. The molecule has 146 valence electrons. The van der Waals surface area contributed by atoms with Gasteiger partial charge in [-0.2, -0.15) is 0 Å². The van der Waals surface area contributed by atoms with Crippen LogP contribution >= 0.6 is 0 Å². The van der Waals surface area contributed by atoms with Crippen molar-refractivity contribution in [2.24, 2.45) is 0 Å². The van der Waals surface area contributed by atoms with Crippen molar-refractivity contribution in [1.29, 1.82) is 0 Å². The van der Waals surface area contributed by atoms with Crippen molar-refractivity contribution in [3.05, 3.63) is 96.6 Å². The lowest BCUT2D eigenvalue weighted by Gasteiger charge is -2.09. The van der Waals surface area contributed by atoms with Crippen LogP contribution in [0.25, 0.3) is 33.3 Å². The first-order valence-electron chi connectivity index (χ1n) is 9.63. The Hall–Kier alpha value is -4.12. The lowest BCUT2D eigenvalue weighted by molar-refractivity contribution is 0.155. The molecule has 0 spiro atoms. The van der Waals surface area contributed by atoms with Gasteiger partial charge in [-0.15, -0.1) is 0 Å². The van der Waals surface area contributed by atoms with Gasteiger partial charge in [-0.3, -0.25) is 5.32 Å². The average Bonchev–Trinajstić information content (AvgIpc) is 3.23. The second-order valence-corrected chi connectivity index (χ2v) is 6.88. The summed E-state index contributed by atoms with van der Waals surface area (Å²) in [6.45, 7) is 0.198. The molecule has 5 nitrogen and oxygen atoms in total. The van der Waals surface area contributed by atoms with E-state index in [2.05, 4.69) is 5.32 Å². The van der Waals surface area contributed by atoms with Crippen LogP contribution in [-0.2, 0) is 11.3 Å². The van der Waals surface area contributed by atoms with Crippen LogP contribution in [0.1, 0.15) is 5.56 Å². The van der Waals surface area contributed by atoms with Crippen LogP contribution < -0.4 is 5.32 Å². The zero-order valence-corrected chi connectivity index (χ0v) is 16.0. The number of fused-ring (bicyclic) bond motifs is 3. The molecule has 0 aliphatic rings. The summed E-state index contributed by atoms with van der Waals surface area (Å²) in [5.41, 5.74) is 3.68. The van der Waals surface area contributed by atoms with Crippen molar-refractivity contribution in [3.63, 3.8) is 0 Å². The first-order chi connectivity index (χ1) is 14.8. The Bertz CT molecular complexity index is 1340. The third kappa shape index (κ3) is 3.49. The van der Waals surface area contributed by atoms with Gasteiger partial charge in [0.15, 0.2) is 5.58 Å². The minimum atomic E-state index is -0.534. The number of hydrogen-bond donors (Lipinski definition) is 1. The third-order valence-electron chi connectivity index (χ3n) is 4.89. The van der Waals surface area contributed by atoms with Gasteiger partial charge in [0.1, 0.15) is 12.1 Å². The van der Waals surface area contributed by atoms with Crippen LogP contribution in [0.5, 0.6) is 0 Å². The fraction of sp³-hybridized carbons (Fsp3) is 0.0400. The number of para-hydroxylation sites is 1. The number of rotatable bonds is 4. The van der Waals surface area contributed by atoms with Crippen molar-refractivity contribution in [3.8, 4) is 11.5 Å². The second kappa shape index (κ2) is 7.72. The molecular weight excluding hydrogens is 376 g/mol. The molecule has 0 atom stereocenters. The molecule has 0 aliphatic carbocycles. The van der Waals surface area contributed by atoms with Crippen molar-refractivity contribution in [1.82, 2.24) is 4.98 Å². The van der Waals surface area contributed by atoms with Crippen LogP contribution in [0.3, 0.4) is 0 Å². The van der Waals surface area contributed by atoms with Gasteiger partial charge < -0.3 is 9.15 Å². The molecule has 1 amide bonds. The van der Waals surface area contributed by atoms with Gasteiger partial charge in [0.2, 0.25) is 5.89 Å². The van der Waals surface area contributed by atoms with Crippen LogP contribution in [0.4, 0.5) is 10.5 Å². The van der Waals surface area contributed by atoms with E-state index in [1.54, 1.807) is 6.07 Å². The van der Waals surface area contributed by atoms with Gasteiger partial charge in [0.25, 0.3) is 0 Å². The second-order valence-electron chi connectivity index (χ2n) is 6.88. The molecule has 0 fully saturated rings. The summed E-state index contributed by atoms with van der Waals surface area (Å²) in [5.74, 6) is 0.445. The molecule has 0 unspecified atom stereocenters. The van der Waals surface area contributed by atoms with Crippen LogP contribution in [0.2, 0.25) is 0 Å². The highest BCUT2D eigenvalue weighted by atomic mass is 16.5. The van der Waals surface area contributed by atoms with Gasteiger partial charge in [-0.05, 0) is 29.1 Å². The van der Waals surface area contributed by atoms with Gasteiger partial charge in [0.05, 0.1) is 11.3 Å². The Morgan fingerprint density at radius 2 is 1.63 bits per heavy atom. The molecule has 1 heterocycles. The summed E-state index contributed by atoms with van der Waals surface area (Å²) in [6, 6.07) is 28.9. The molecule has 1 aromatic heterocycles. The number of anilines is 1. The molecule has 5 heteroatoms. The zero-order chi connectivity index (χ0) is 20.3. The highest BCUT2D eigenvalue weighted by molar-refractivity contribution is 6.04. The summed E-state index contributed by atoms with van der Waals surface area (Å²) in [6.07, 6.45) is -0.534. The molecule has 30 heavy (non-hydrogen) atoms. The standard InChI is InChI=1S/C25H18N2O3/c28-25(29-16-17-8-2-1-3-9-17)26-21-13-7-6-12-20(21)24-27-23-19-11-5-4-10-18(19)14-15-22(23)30-24/h1-15H,16H2,(H,26,28). The number of amides is 1. The van der Waals surface area contributed by atoms with Crippen LogP contribution in [0.15, 0.2) is 95.4 Å². The molecule has 1 N–H and O–H groups in total. The largest absolute Gasteiger partial charge is 0.444 e. The predicted molar refractivity (Wildman–Crippen MR) is 117 cm³/mol. The monoisotopic (exact) mass is 394 g/mol. The fourth-order valence-corrected chi connectivity index (χ4v) is 3.42. The van der Waals surface area contributed by atoms with E-state index in [4.69, 9.17) is 14.1 Å². The maximum absolute atomic E-state index is 12.3. The molecule has 5 aromatic rings. The Kier molecular flexibility index (Phi) is 4.62. The number of carbonyl (C=O) groups excluding carboxylic acids is 1. The van der Waals surface area contributed by atoms with Gasteiger partial charge in [-0.1, -0.05) is 72.8 Å². The van der Waals surface area contributed by atoms with E-state index in [0.717, 1.165) is 21.9 Å². The molecule has 0 saturated carbocycles. The normalized spacial score (nSPS) is 10.9. The molecule has 4 aromatic carbocycles. The molecule has 0 radical (unpaired) electrons. The first-order valence-corrected chi connectivity index (χ1v) is 9.63. The summed E-state index contributed by atoms with van der Waals surface area (Å²) in [4.78, 5) is 17.0. The number of nitrogens with zero attached hydrogens (tertiary/aromatic N) is 1. The van der Waals surface area contributed by atoms with E-state index < -0.39 is 6.09 Å². The van der Waals surface area contributed by atoms with Gasteiger partial charge in [-0.25, -0.2) is 9.78 Å². The number of benzene rings is 4. The SMILES string of the molecule is O=C(Nc1ccccc1-c1nc2c(ccc3ccccc32)o1)OCc1ccccc1. The summed E-state index contributed by atoms with van der Waals surface area (Å²) < 4.78 is 11.3. The topological polar surface area (TPSA) is 64.4 Å². The first kappa shape index (κ1) is 17.9. The average molecular weight is 394 g/mol. The van der Waals surface area contributed by atoms with E-state index in [1.165, 1.54) is 0 Å². The molecule has 0 saturated heterocycles. The quantitative estimate of drug-likeness (QED) is 0.383. The van der Waals surface area contributed by atoms with E-state index in [1.807, 2.05) is 84.9 Å². The van der Waals surface area contributed by atoms with Crippen molar-refractivity contribution < 1.29 is 13.9 Å². The minimum absolute atomic E-state index is 0.198. The van der Waals surface area contributed by atoms with E-state index in [-0.39, 0.29) is 6.61 Å². The summed E-state index contributed by atoms with van der Waals surface area (Å²) >= 11 is 0. The van der Waals surface area contributed by atoms with Gasteiger partial charge in [0, 0.05) is 5.39 Å². The Balaban J connectivity index is 1.43. The highest BCUT2D eigenvalue weighted by Crippen LogP contribution is 2.33. The molecule has 0 bridgehead atoms. The number of ether oxygens (including phenoxy) is 1. The van der Waals surface area contributed by atoms with E-state index in [0.29, 0.717) is 22.7 Å². The zero-order valence-electron chi connectivity index (χ0n) is 16.0. The fourth-order valence-electron chi connectivity index (χ4n) is 3.42. The molecule has 0 aliphatic heterocycles. The van der Waals surface area contributed by atoms with Gasteiger partial charge >= 0.3 is 6.09 Å². The lowest BCUT2D eigenvalue weighted by atomic mass is 10.1. The van der Waals surface area contributed by atoms with Crippen LogP contribution in [-0.4, -0.2) is 11.1 Å². The van der Waals surface area contributed by atoms with E-state index in [9.17, 15) is 4.79 Å². The summed E-state index contributed by atoms with van der Waals surface area (Å²) in [5, 5.41) is 4.92. The van der Waals surface area contributed by atoms with E-state index >= 15 is 0 Å². The minimum Gasteiger partial charge on any atom is -0.444 e. The number of nitrogens with one attached hydrogen (secondary N) is 1. The van der Waals surface area contributed by atoms with Crippen molar-refractivity contribution in [2.75, 3.05) is 5.32 Å². The van der Waals surface area contributed by atoms with Crippen molar-refractivity contribution in [2.45, 2.75) is 6.61 Å². The Morgan fingerprint density at radius 1 is 0.867 bits per heavy atom. The molecule has 5 rings (SSSR count). The smallest absolute Gasteiger partial charge is 0.411 e. The summed E-state index contributed by atoms with van der Waals surface area (Å²) in [7, 11) is 0.